The number of sulfonamides is 1. The van der Waals surface area contributed by atoms with Gasteiger partial charge in [0.2, 0.25) is 15.9 Å². The number of halogens is 2. The van der Waals surface area contributed by atoms with Gasteiger partial charge in [-0.05, 0) is 61.9 Å². The molecular weight excluding hydrogens is 480 g/mol. The number of benzene rings is 2. The molecule has 29 heavy (non-hydrogen) atoms. The number of hydrogen-bond donors (Lipinski definition) is 0. The van der Waals surface area contributed by atoms with Crippen LogP contribution < -0.4 is 4.90 Å². The number of amides is 2. The van der Waals surface area contributed by atoms with E-state index in [9.17, 15) is 18.0 Å². The summed E-state index contributed by atoms with van der Waals surface area (Å²) >= 11 is 9.18. The van der Waals surface area contributed by atoms with Gasteiger partial charge in [-0.2, -0.15) is 4.31 Å². The molecule has 2 amide bonds. The lowest BCUT2D eigenvalue weighted by Gasteiger charge is -2.31. The van der Waals surface area contributed by atoms with Crippen molar-refractivity contribution in [3.05, 3.63) is 58.0 Å². The summed E-state index contributed by atoms with van der Waals surface area (Å²) in [5.41, 5.74) is 0.372. The standard InChI is InChI=1S/C20H20BrClN2O4S/c1-3-13(2)24(29(27,28)17-10-4-14(21)5-11-17)18-12-19(25)23(20(18)26)16-8-6-15(22)7-9-16/h4-11,13,18H,3,12H2,1-2H3. The van der Waals surface area contributed by atoms with Crippen LogP contribution in [0, 0.1) is 0 Å². The van der Waals surface area contributed by atoms with E-state index >= 15 is 0 Å². The van der Waals surface area contributed by atoms with Crippen LogP contribution in [0.1, 0.15) is 26.7 Å². The fourth-order valence-corrected chi connectivity index (χ4v) is 5.53. The lowest BCUT2D eigenvalue weighted by molar-refractivity contribution is -0.122. The van der Waals surface area contributed by atoms with Gasteiger partial charge in [-0.15, -0.1) is 0 Å². The summed E-state index contributed by atoms with van der Waals surface area (Å²) in [7, 11) is -3.99. The van der Waals surface area contributed by atoms with Crippen molar-refractivity contribution in [3.63, 3.8) is 0 Å². The number of nitrogens with zero attached hydrogens (tertiary/aromatic N) is 2. The molecule has 1 aliphatic heterocycles. The van der Waals surface area contributed by atoms with E-state index < -0.39 is 33.9 Å². The van der Waals surface area contributed by atoms with E-state index in [-0.39, 0.29) is 11.3 Å². The SMILES string of the molecule is CCC(C)N(C1CC(=O)N(c2ccc(Cl)cc2)C1=O)S(=O)(=O)c1ccc(Br)cc1. The maximum atomic E-state index is 13.4. The molecular formula is C20H20BrClN2O4S. The van der Waals surface area contributed by atoms with Crippen LogP contribution in [-0.4, -0.2) is 36.6 Å². The molecule has 0 N–H and O–H groups in total. The Hall–Kier alpha value is -1.74. The van der Waals surface area contributed by atoms with Crippen LogP contribution in [0.25, 0.3) is 0 Å². The zero-order chi connectivity index (χ0) is 21.3. The maximum absolute atomic E-state index is 13.4. The Bertz CT molecular complexity index is 1030. The molecule has 2 aromatic rings. The number of carbonyl (C=O) groups is 2. The molecule has 0 bridgehead atoms. The minimum atomic E-state index is -3.99. The van der Waals surface area contributed by atoms with Crippen LogP contribution in [0.5, 0.6) is 0 Å². The van der Waals surface area contributed by atoms with Gasteiger partial charge >= 0.3 is 0 Å². The van der Waals surface area contributed by atoms with Crippen molar-refractivity contribution < 1.29 is 18.0 Å². The summed E-state index contributed by atoms with van der Waals surface area (Å²) < 4.78 is 28.7. The fourth-order valence-electron chi connectivity index (χ4n) is 3.30. The number of rotatable bonds is 6. The van der Waals surface area contributed by atoms with Gasteiger partial charge in [-0.3, -0.25) is 9.59 Å². The molecule has 3 rings (SSSR count). The van der Waals surface area contributed by atoms with E-state index in [1.54, 1.807) is 43.3 Å². The van der Waals surface area contributed by atoms with Crippen molar-refractivity contribution in [2.75, 3.05) is 4.90 Å². The predicted octanol–water partition coefficient (Wildman–Crippen LogP) is 4.22. The largest absolute Gasteiger partial charge is 0.274 e. The molecule has 1 fully saturated rings. The van der Waals surface area contributed by atoms with Gasteiger partial charge in [-0.1, -0.05) is 34.5 Å². The van der Waals surface area contributed by atoms with Gasteiger partial charge in [0.25, 0.3) is 5.91 Å². The summed E-state index contributed by atoms with van der Waals surface area (Å²) in [5, 5.41) is 0.475. The van der Waals surface area contributed by atoms with Crippen LogP contribution in [0.4, 0.5) is 5.69 Å². The summed E-state index contributed by atoms with van der Waals surface area (Å²) in [6.45, 7) is 3.58. The van der Waals surface area contributed by atoms with Gasteiger partial charge < -0.3 is 0 Å². The smallest absolute Gasteiger partial charge is 0.252 e. The predicted molar refractivity (Wildman–Crippen MR) is 115 cm³/mol. The zero-order valence-electron chi connectivity index (χ0n) is 15.9. The minimum Gasteiger partial charge on any atom is -0.274 e. The molecule has 0 aliphatic carbocycles. The van der Waals surface area contributed by atoms with Crippen molar-refractivity contribution in [2.45, 2.75) is 43.7 Å². The third-order valence-electron chi connectivity index (χ3n) is 4.93. The first kappa shape index (κ1) is 22.0. The van der Waals surface area contributed by atoms with Crippen molar-refractivity contribution >= 4 is 55.1 Å². The average molecular weight is 500 g/mol. The van der Waals surface area contributed by atoms with E-state index in [1.165, 1.54) is 16.4 Å². The second kappa shape index (κ2) is 8.55. The van der Waals surface area contributed by atoms with Crippen LogP contribution in [-0.2, 0) is 19.6 Å². The fraction of sp³-hybridized carbons (Fsp3) is 0.300. The van der Waals surface area contributed by atoms with E-state index in [0.29, 0.717) is 17.1 Å². The third kappa shape index (κ3) is 4.26. The molecule has 0 spiro atoms. The summed E-state index contributed by atoms with van der Waals surface area (Å²) in [4.78, 5) is 26.9. The first-order valence-electron chi connectivity index (χ1n) is 9.08. The maximum Gasteiger partial charge on any atom is 0.252 e. The molecule has 154 valence electrons. The van der Waals surface area contributed by atoms with Gasteiger partial charge in [0, 0.05) is 15.5 Å². The van der Waals surface area contributed by atoms with Gasteiger partial charge in [0.05, 0.1) is 17.0 Å². The van der Waals surface area contributed by atoms with Crippen molar-refractivity contribution in [1.29, 1.82) is 0 Å². The number of imide groups is 1. The van der Waals surface area contributed by atoms with Gasteiger partial charge in [-0.25, -0.2) is 13.3 Å². The lowest BCUT2D eigenvalue weighted by atomic mass is 10.2. The molecule has 0 aromatic heterocycles. The van der Waals surface area contributed by atoms with Gasteiger partial charge in [0.15, 0.2) is 0 Å². The molecule has 2 atom stereocenters. The monoisotopic (exact) mass is 498 g/mol. The number of hydrogen-bond acceptors (Lipinski definition) is 4. The Morgan fingerprint density at radius 2 is 1.72 bits per heavy atom. The van der Waals surface area contributed by atoms with E-state index in [4.69, 9.17) is 11.6 Å². The molecule has 6 nitrogen and oxygen atoms in total. The zero-order valence-corrected chi connectivity index (χ0v) is 19.0. The van der Waals surface area contributed by atoms with E-state index in [1.807, 2.05) is 6.92 Å². The Morgan fingerprint density at radius 1 is 1.14 bits per heavy atom. The van der Waals surface area contributed by atoms with E-state index in [0.717, 1.165) is 9.37 Å². The molecule has 0 saturated carbocycles. The first-order valence-corrected chi connectivity index (χ1v) is 11.7. The first-order chi connectivity index (χ1) is 13.7. The molecule has 0 radical (unpaired) electrons. The lowest BCUT2D eigenvalue weighted by Crippen LogP contribution is -2.49. The highest BCUT2D eigenvalue weighted by Gasteiger charge is 2.48. The molecule has 1 aliphatic rings. The van der Waals surface area contributed by atoms with Crippen molar-refractivity contribution in [2.24, 2.45) is 0 Å². The van der Waals surface area contributed by atoms with E-state index in [2.05, 4.69) is 15.9 Å². The Balaban J connectivity index is 2.01. The topological polar surface area (TPSA) is 74.8 Å². The Labute approximate surface area is 183 Å². The normalized spacial score (nSPS) is 18.5. The second-order valence-electron chi connectivity index (χ2n) is 6.81. The van der Waals surface area contributed by atoms with Crippen LogP contribution in [0.15, 0.2) is 57.9 Å². The molecule has 1 heterocycles. The molecule has 2 unspecified atom stereocenters. The van der Waals surface area contributed by atoms with Crippen LogP contribution >= 0.6 is 27.5 Å². The summed E-state index contributed by atoms with van der Waals surface area (Å²) in [5.74, 6) is -1.00. The number of carbonyl (C=O) groups excluding carboxylic acids is 2. The van der Waals surface area contributed by atoms with Crippen LogP contribution in [0.2, 0.25) is 5.02 Å². The highest BCUT2D eigenvalue weighted by Crippen LogP contribution is 2.32. The number of anilines is 1. The molecule has 9 heteroatoms. The van der Waals surface area contributed by atoms with Crippen molar-refractivity contribution in [3.8, 4) is 0 Å². The molecule has 1 saturated heterocycles. The summed E-state index contributed by atoms with van der Waals surface area (Å²) in [6, 6.07) is 10.9. The van der Waals surface area contributed by atoms with Crippen LogP contribution in [0.3, 0.4) is 0 Å². The Morgan fingerprint density at radius 3 is 2.28 bits per heavy atom. The Kier molecular flexibility index (Phi) is 6.48. The highest BCUT2D eigenvalue weighted by atomic mass is 79.9. The quantitative estimate of drug-likeness (QED) is 0.558. The molecule has 2 aromatic carbocycles. The third-order valence-corrected chi connectivity index (χ3v) is 7.75. The second-order valence-corrected chi connectivity index (χ2v) is 10.0. The average Bonchev–Trinajstić information content (AvgIpc) is 2.96. The highest BCUT2D eigenvalue weighted by molar-refractivity contribution is 9.10. The summed E-state index contributed by atoms with van der Waals surface area (Å²) in [6.07, 6.45) is 0.288. The van der Waals surface area contributed by atoms with Gasteiger partial charge in [0.1, 0.15) is 6.04 Å². The van der Waals surface area contributed by atoms with Crippen molar-refractivity contribution in [1.82, 2.24) is 4.31 Å². The minimum absolute atomic E-state index is 0.0752.